The maximum Gasteiger partial charge on any atom is 0.258 e. The van der Waals surface area contributed by atoms with Crippen LogP contribution in [0.3, 0.4) is 0 Å². The summed E-state index contributed by atoms with van der Waals surface area (Å²) in [5.41, 5.74) is 0.263. The second-order valence-corrected chi connectivity index (χ2v) is 4.14. The van der Waals surface area contributed by atoms with Gasteiger partial charge in [-0.2, -0.15) is 4.99 Å². The third kappa shape index (κ3) is 1.85. The summed E-state index contributed by atoms with van der Waals surface area (Å²) in [6.45, 7) is 2.84. The Morgan fingerprint density at radius 3 is 2.80 bits per heavy atom. The number of pyridine rings is 1. The summed E-state index contributed by atoms with van der Waals surface area (Å²) >= 11 is 0. The van der Waals surface area contributed by atoms with Crippen molar-refractivity contribution in [2.24, 2.45) is 17.5 Å². The van der Waals surface area contributed by atoms with Crippen LogP contribution in [-0.4, -0.2) is 23.7 Å². The molecule has 1 fully saturated rings. The lowest BCUT2D eigenvalue weighted by atomic mass is 9.88. The molecular weight excluding hydrogens is 192 g/mol. The summed E-state index contributed by atoms with van der Waals surface area (Å²) in [5, 5.41) is 0. The first kappa shape index (κ1) is 10.1. The van der Waals surface area contributed by atoms with Crippen molar-refractivity contribution in [3.8, 4) is 0 Å². The molecule has 0 spiro atoms. The highest BCUT2D eigenvalue weighted by molar-refractivity contribution is 5.84. The van der Waals surface area contributed by atoms with E-state index in [1.165, 1.54) is 0 Å². The van der Waals surface area contributed by atoms with Gasteiger partial charge in [0.2, 0.25) is 0 Å². The summed E-state index contributed by atoms with van der Waals surface area (Å²) in [6.07, 6.45) is 1.87. The molecule has 0 aromatic carbocycles. The number of rotatable bonds is 1. The lowest BCUT2D eigenvalue weighted by Gasteiger charge is -2.34. The highest BCUT2D eigenvalue weighted by atomic mass is 16.5. The predicted octanol–water partition coefficient (Wildman–Crippen LogP) is 0.489. The van der Waals surface area contributed by atoms with Crippen molar-refractivity contribution >= 4 is 5.91 Å². The Bertz CT molecular complexity index is 444. The summed E-state index contributed by atoms with van der Waals surface area (Å²) in [4.78, 5) is 15.9. The Kier molecular flexibility index (Phi) is 2.44. The van der Waals surface area contributed by atoms with Gasteiger partial charge in [0.15, 0.2) is 0 Å². The predicted molar refractivity (Wildman–Crippen MR) is 54.9 cm³/mol. The number of aryl methyl sites for hydroxylation is 1. The van der Waals surface area contributed by atoms with Crippen molar-refractivity contribution in [3.05, 3.63) is 29.9 Å². The van der Waals surface area contributed by atoms with Gasteiger partial charge in [-0.3, -0.25) is 4.79 Å². The Labute approximate surface area is 88.2 Å². The molecule has 15 heavy (non-hydrogen) atoms. The highest BCUT2D eigenvalue weighted by Crippen LogP contribution is 2.27. The van der Waals surface area contributed by atoms with E-state index in [4.69, 9.17) is 4.74 Å². The molecule has 0 radical (unpaired) electrons. The number of hydrogen-bond donors (Lipinski definition) is 0. The van der Waals surface area contributed by atoms with Gasteiger partial charge in [-0.05, 0) is 19.1 Å². The molecule has 1 aliphatic heterocycles. The number of amides is 1. The molecule has 0 atom stereocenters. The third-order valence-corrected chi connectivity index (χ3v) is 2.60. The minimum atomic E-state index is -0.414. The highest BCUT2D eigenvalue weighted by Gasteiger charge is 2.40. The first-order chi connectivity index (χ1) is 7.12. The fourth-order valence-corrected chi connectivity index (χ4v) is 1.40. The first-order valence-corrected chi connectivity index (χ1v) is 4.90. The molecule has 1 amide bonds. The van der Waals surface area contributed by atoms with Gasteiger partial charge in [-0.1, -0.05) is 6.07 Å². The first-order valence-electron chi connectivity index (χ1n) is 4.90. The minimum absolute atomic E-state index is 0.101. The number of nitrogens with zero attached hydrogens (tertiary/aromatic N) is 2. The minimum Gasteiger partial charge on any atom is -0.379 e. The van der Waals surface area contributed by atoms with Crippen molar-refractivity contribution in [3.63, 3.8) is 0 Å². The van der Waals surface area contributed by atoms with Gasteiger partial charge >= 0.3 is 0 Å². The topological polar surface area (TPSA) is 43.6 Å². The van der Waals surface area contributed by atoms with E-state index in [0.717, 1.165) is 0 Å². The fourth-order valence-electron chi connectivity index (χ4n) is 1.40. The third-order valence-electron chi connectivity index (χ3n) is 2.60. The fraction of sp³-hybridized carbons (Fsp3) is 0.455. The van der Waals surface area contributed by atoms with Gasteiger partial charge in [-0.25, -0.2) is 0 Å². The molecule has 2 heterocycles. The van der Waals surface area contributed by atoms with Crippen LogP contribution in [0.15, 0.2) is 29.4 Å². The van der Waals surface area contributed by atoms with Gasteiger partial charge < -0.3 is 9.30 Å². The largest absolute Gasteiger partial charge is 0.379 e. The van der Waals surface area contributed by atoms with E-state index in [2.05, 4.69) is 4.99 Å². The number of carbonyl (C=O) groups is 1. The standard InChI is InChI=1S/C11H14N2O2/c1-11(7-15-8-11)10(14)12-9-5-3-4-6-13(9)2/h3-6H,7-8H2,1-2H3/b12-9+. The van der Waals surface area contributed by atoms with Crippen molar-refractivity contribution in [2.45, 2.75) is 6.92 Å². The van der Waals surface area contributed by atoms with Crippen molar-refractivity contribution in [1.82, 2.24) is 4.57 Å². The van der Waals surface area contributed by atoms with E-state index in [9.17, 15) is 4.79 Å². The molecule has 0 N–H and O–H groups in total. The Balaban J connectivity index is 2.31. The molecule has 4 nitrogen and oxygen atoms in total. The van der Waals surface area contributed by atoms with E-state index in [1.54, 1.807) is 0 Å². The Morgan fingerprint density at radius 2 is 2.27 bits per heavy atom. The van der Waals surface area contributed by atoms with Gasteiger partial charge in [-0.15, -0.1) is 0 Å². The quantitative estimate of drug-likeness (QED) is 0.671. The van der Waals surface area contributed by atoms with E-state index in [1.807, 2.05) is 42.9 Å². The smallest absolute Gasteiger partial charge is 0.258 e. The molecular formula is C11H14N2O2. The maximum absolute atomic E-state index is 11.8. The van der Waals surface area contributed by atoms with Gasteiger partial charge in [0, 0.05) is 13.2 Å². The van der Waals surface area contributed by atoms with Crippen molar-refractivity contribution < 1.29 is 9.53 Å². The number of aromatic nitrogens is 1. The molecule has 0 unspecified atom stereocenters. The Morgan fingerprint density at radius 1 is 1.53 bits per heavy atom. The van der Waals surface area contributed by atoms with E-state index in [0.29, 0.717) is 18.7 Å². The van der Waals surface area contributed by atoms with Gasteiger partial charge in [0.1, 0.15) is 5.49 Å². The summed E-state index contributed by atoms with van der Waals surface area (Å²) in [6, 6.07) is 5.59. The molecule has 1 saturated heterocycles. The molecule has 0 bridgehead atoms. The average Bonchev–Trinajstić information content (AvgIpc) is 2.18. The van der Waals surface area contributed by atoms with Crippen LogP contribution in [0.25, 0.3) is 0 Å². The van der Waals surface area contributed by atoms with Gasteiger partial charge in [0.05, 0.1) is 18.6 Å². The second kappa shape index (κ2) is 3.62. The van der Waals surface area contributed by atoms with Crippen LogP contribution >= 0.6 is 0 Å². The maximum atomic E-state index is 11.8. The number of ether oxygens (including phenoxy) is 1. The molecule has 80 valence electrons. The SMILES string of the molecule is Cn1cccc/c1=N\C(=O)C1(C)COC1. The summed E-state index contributed by atoms with van der Waals surface area (Å²) in [5.74, 6) is -0.101. The average molecular weight is 206 g/mol. The van der Waals surface area contributed by atoms with Crippen LogP contribution in [0.5, 0.6) is 0 Å². The zero-order chi connectivity index (χ0) is 10.9. The van der Waals surface area contributed by atoms with Crippen LogP contribution in [0, 0.1) is 5.41 Å². The molecule has 1 aromatic rings. The van der Waals surface area contributed by atoms with Crippen LogP contribution in [0.2, 0.25) is 0 Å². The normalized spacial score (nSPS) is 19.7. The zero-order valence-corrected chi connectivity index (χ0v) is 8.93. The molecule has 2 rings (SSSR count). The molecule has 1 aromatic heterocycles. The lowest BCUT2D eigenvalue weighted by molar-refractivity contribution is -0.154. The monoisotopic (exact) mass is 206 g/mol. The van der Waals surface area contributed by atoms with E-state index < -0.39 is 5.41 Å². The molecule has 1 aliphatic rings. The molecule has 0 saturated carbocycles. The molecule has 0 aliphatic carbocycles. The summed E-state index contributed by atoms with van der Waals surface area (Å²) in [7, 11) is 1.87. The zero-order valence-electron chi connectivity index (χ0n) is 8.93. The van der Waals surface area contributed by atoms with Crippen LogP contribution in [0.1, 0.15) is 6.92 Å². The van der Waals surface area contributed by atoms with Crippen LogP contribution in [0.4, 0.5) is 0 Å². The van der Waals surface area contributed by atoms with E-state index in [-0.39, 0.29) is 5.91 Å². The van der Waals surface area contributed by atoms with Crippen LogP contribution < -0.4 is 5.49 Å². The van der Waals surface area contributed by atoms with Crippen molar-refractivity contribution in [2.75, 3.05) is 13.2 Å². The number of hydrogen-bond acceptors (Lipinski definition) is 2. The van der Waals surface area contributed by atoms with Gasteiger partial charge in [0.25, 0.3) is 5.91 Å². The second-order valence-electron chi connectivity index (χ2n) is 4.14. The molecule has 4 heteroatoms. The van der Waals surface area contributed by atoms with E-state index >= 15 is 0 Å². The lowest BCUT2D eigenvalue weighted by Crippen LogP contribution is -2.46. The number of carbonyl (C=O) groups excluding carboxylic acids is 1. The van der Waals surface area contributed by atoms with Crippen LogP contribution in [-0.2, 0) is 16.6 Å². The Hall–Kier alpha value is -1.42. The van der Waals surface area contributed by atoms with Crippen molar-refractivity contribution in [1.29, 1.82) is 0 Å². The summed E-state index contributed by atoms with van der Waals surface area (Å²) < 4.78 is 6.86.